The molecule has 0 aliphatic carbocycles. The predicted molar refractivity (Wildman–Crippen MR) is 121 cm³/mol. The van der Waals surface area contributed by atoms with Gasteiger partial charge in [0.2, 0.25) is 5.91 Å². The van der Waals surface area contributed by atoms with Gasteiger partial charge >= 0.3 is 0 Å². The number of primary amides is 1. The molecule has 2 aromatic rings. The van der Waals surface area contributed by atoms with Gasteiger partial charge in [-0.05, 0) is 43.2 Å². The van der Waals surface area contributed by atoms with Crippen molar-refractivity contribution in [3.05, 3.63) is 58.7 Å². The van der Waals surface area contributed by atoms with E-state index in [0.29, 0.717) is 29.2 Å². The summed E-state index contributed by atoms with van der Waals surface area (Å²) in [4.78, 5) is 39.5. The highest BCUT2D eigenvalue weighted by Crippen LogP contribution is 2.38. The molecule has 3 amide bonds. The summed E-state index contributed by atoms with van der Waals surface area (Å²) in [7, 11) is -2.15. The highest BCUT2D eigenvalue weighted by Gasteiger charge is 2.44. The minimum absolute atomic E-state index is 0.0610. The van der Waals surface area contributed by atoms with Crippen LogP contribution in [0.4, 0.5) is 0 Å². The van der Waals surface area contributed by atoms with Gasteiger partial charge in [0.15, 0.2) is 11.5 Å². The molecule has 1 aliphatic heterocycles. The van der Waals surface area contributed by atoms with Crippen LogP contribution >= 0.6 is 0 Å². The summed E-state index contributed by atoms with van der Waals surface area (Å²) in [6, 6.07) is 8.23. The Morgan fingerprint density at radius 1 is 1.12 bits per heavy atom. The van der Waals surface area contributed by atoms with Gasteiger partial charge in [0.05, 0.1) is 42.6 Å². The highest BCUT2D eigenvalue weighted by molar-refractivity contribution is 7.90. The van der Waals surface area contributed by atoms with Crippen LogP contribution in [0.25, 0.3) is 0 Å². The first-order valence-corrected chi connectivity index (χ1v) is 12.3. The van der Waals surface area contributed by atoms with Crippen LogP contribution in [0.5, 0.6) is 11.5 Å². The summed E-state index contributed by atoms with van der Waals surface area (Å²) in [5.41, 5.74) is 6.31. The Bertz CT molecular complexity index is 1220. The molecular weight excluding hydrogens is 448 g/mol. The number of imide groups is 1. The van der Waals surface area contributed by atoms with Gasteiger partial charge in [-0.3, -0.25) is 19.3 Å². The number of amides is 3. The lowest BCUT2D eigenvalue weighted by molar-refractivity contribution is -0.119. The lowest BCUT2D eigenvalue weighted by Gasteiger charge is -2.27. The zero-order valence-corrected chi connectivity index (χ0v) is 19.6. The van der Waals surface area contributed by atoms with Gasteiger partial charge in [-0.1, -0.05) is 18.2 Å². The molecule has 2 N–H and O–H groups in total. The molecule has 2 aromatic carbocycles. The molecular formula is C23H26N2O7S. The number of nitrogens with zero attached hydrogens (tertiary/aromatic N) is 1. The Morgan fingerprint density at radius 2 is 1.82 bits per heavy atom. The molecule has 176 valence electrons. The normalized spacial score (nSPS) is 15.2. The van der Waals surface area contributed by atoms with E-state index in [1.165, 1.54) is 13.2 Å². The minimum Gasteiger partial charge on any atom is -0.493 e. The molecule has 1 aliphatic rings. The maximum Gasteiger partial charge on any atom is 0.262 e. The van der Waals surface area contributed by atoms with Gasteiger partial charge < -0.3 is 15.2 Å². The molecule has 33 heavy (non-hydrogen) atoms. The molecule has 3 rings (SSSR count). The fourth-order valence-electron chi connectivity index (χ4n) is 3.90. The van der Waals surface area contributed by atoms with Crippen molar-refractivity contribution >= 4 is 27.6 Å². The third kappa shape index (κ3) is 4.70. The molecule has 0 fully saturated rings. The molecule has 0 radical (unpaired) electrons. The summed E-state index contributed by atoms with van der Waals surface area (Å²) >= 11 is 0. The molecule has 2 unspecified atom stereocenters. The number of hydrogen-bond donors (Lipinski definition) is 1. The first kappa shape index (κ1) is 24.2. The number of fused-ring (bicyclic) bond motifs is 1. The first-order chi connectivity index (χ1) is 15.5. The van der Waals surface area contributed by atoms with Gasteiger partial charge in [-0.15, -0.1) is 0 Å². The summed E-state index contributed by atoms with van der Waals surface area (Å²) in [5, 5.41) is 0. The van der Waals surface area contributed by atoms with Crippen molar-refractivity contribution < 1.29 is 32.3 Å². The number of ether oxygens (including phenoxy) is 2. The van der Waals surface area contributed by atoms with E-state index in [2.05, 4.69) is 0 Å². The molecule has 0 saturated carbocycles. The summed E-state index contributed by atoms with van der Waals surface area (Å²) in [6.07, 6.45) is 1.03. The Kier molecular flexibility index (Phi) is 6.78. The number of rotatable bonds is 9. The average molecular weight is 475 g/mol. The lowest BCUT2D eigenvalue weighted by atomic mass is 9.93. The minimum atomic E-state index is -3.62. The third-order valence-electron chi connectivity index (χ3n) is 5.52. The highest BCUT2D eigenvalue weighted by atomic mass is 32.2. The van der Waals surface area contributed by atoms with E-state index in [1.807, 2.05) is 0 Å². The fourth-order valence-corrected chi connectivity index (χ4v) is 4.82. The summed E-state index contributed by atoms with van der Waals surface area (Å²) in [6.45, 7) is 3.66. The first-order valence-electron chi connectivity index (χ1n) is 10.3. The molecule has 1 heterocycles. The van der Waals surface area contributed by atoms with Gasteiger partial charge in [0.25, 0.3) is 11.8 Å². The molecule has 9 nitrogen and oxygen atoms in total. The van der Waals surface area contributed by atoms with Crippen molar-refractivity contribution in [1.82, 2.24) is 4.90 Å². The quantitative estimate of drug-likeness (QED) is 0.550. The van der Waals surface area contributed by atoms with Crippen molar-refractivity contribution in [2.75, 3.05) is 25.7 Å². The standard InChI is InChI=1S/C23H26N2O7S/c1-5-32-19-11-14(9-10-18(19)31-3)17(12-33(4,29)30)25-22(27)16-8-6-7-15(13(2)21(24)26)20(16)23(25)28/h6-11,13,17H,5,12H2,1-4H3,(H2,24,26). The van der Waals surface area contributed by atoms with E-state index < -0.39 is 45.3 Å². The zero-order valence-electron chi connectivity index (χ0n) is 18.8. The number of nitrogens with two attached hydrogens (primary N) is 1. The van der Waals surface area contributed by atoms with E-state index in [0.717, 1.165) is 11.2 Å². The third-order valence-corrected chi connectivity index (χ3v) is 6.44. The molecule has 0 spiro atoms. The Balaban J connectivity index is 2.16. The topological polar surface area (TPSA) is 133 Å². The van der Waals surface area contributed by atoms with E-state index in [1.54, 1.807) is 44.2 Å². The lowest BCUT2D eigenvalue weighted by Crippen LogP contribution is -2.38. The Hall–Kier alpha value is -3.40. The Morgan fingerprint density at radius 3 is 2.39 bits per heavy atom. The van der Waals surface area contributed by atoms with E-state index in [-0.39, 0.29) is 11.1 Å². The van der Waals surface area contributed by atoms with E-state index in [9.17, 15) is 22.8 Å². The summed E-state index contributed by atoms with van der Waals surface area (Å²) < 4.78 is 35.5. The van der Waals surface area contributed by atoms with Crippen LogP contribution in [0.1, 0.15) is 57.7 Å². The summed E-state index contributed by atoms with van der Waals surface area (Å²) in [5.74, 6) is -2.48. The van der Waals surface area contributed by atoms with Crippen LogP contribution in [0.15, 0.2) is 36.4 Å². The average Bonchev–Trinajstić information content (AvgIpc) is 3.01. The van der Waals surface area contributed by atoms with Crippen molar-refractivity contribution in [1.29, 1.82) is 0 Å². The number of carbonyl (C=O) groups is 3. The van der Waals surface area contributed by atoms with Gasteiger partial charge in [-0.25, -0.2) is 8.42 Å². The fraction of sp³-hybridized carbons (Fsp3) is 0.348. The SMILES string of the molecule is CCOc1cc(C(CS(C)(=O)=O)N2C(=O)c3cccc(C(C)C(N)=O)c3C2=O)ccc1OC. The second-order valence-corrected chi connectivity index (χ2v) is 10.0. The number of sulfone groups is 1. The van der Waals surface area contributed by atoms with Crippen molar-refractivity contribution in [2.24, 2.45) is 5.73 Å². The maximum absolute atomic E-state index is 13.5. The van der Waals surface area contributed by atoms with Gasteiger partial charge in [0, 0.05) is 6.26 Å². The molecule has 0 bridgehead atoms. The largest absolute Gasteiger partial charge is 0.493 e. The van der Waals surface area contributed by atoms with Crippen molar-refractivity contribution in [2.45, 2.75) is 25.8 Å². The van der Waals surface area contributed by atoms with Gasteiger partial charge in [0.1, 0.15) is 9.84 Å². The number of carbonyl (C=O) groups excluding carboxylic acids is 3. The Labute approximate surface area is 192 Å². The van der Waals surface area contributed by atoms with Crippen LogP contribution in [0, 0.1) is 0 Å². The van der Waals surface area contributed by atoms with Crippen LogP contribution in [0.2, 0.25) is 0 Å². The predicted octanol–water partition coefficient (Wildman–Crippen LogP) is 2.06. The van der Waals surface area contributed by atoms with Crippen LogP contribution in [-0.2, 0) is 14.6 Å². The van der Waals surface area contributed by atoms with E-state index in [4.69, 9.17) is 15.2 Å². The molecule has 2 atom stereocenters. The maximum atomic E-state index is 13.5. The zero-order chi connectivity index (χ0) is 24.5. The molecule has 0 saturated heterocycles. The van der Waals surface area contributed by atoms with Crippen LogP contribution in [-0.4, -0.2) is 56.8 Å². The number of methoxy groups -OCH3 is 1. The van der Waals surface area contributed by atoms with E-state index >= 15 is 0 Å². The van der Waals surface area contributed by atoms with Crippen molar-refractivity contribution in [3.63, 3.8) is 0 Å². The molecule has 10 heteroatoms. The number of benzene rings is 2. The van der Waals surface area contributed by atoms with Crippen LogP contribution < -0.4 is 15.2 Å². The number of hydrogen-bond acceptors (Lipinski definition) is 7. The van der Waals surface area contributed by atoms with Crippen LogP contribution in [0.3, 0.4) is 0 Å². The second-order valence-electron chi connectivity index (χ2n) is 7.83. The second kappa shape index (κ2) is 9.22. The van der Waals surface area contributed by atoms with Crippen molar-refractivity contribution in [3.8, 4) is 11.5 Å². The smallest absolute Gasteiger partial charge is 0.262 e. The monoisotopic (exact) mass is 474 g/mol. The van der Waals surface area contributed by atoms with Gasteiger partial charge in [-0.2, -0.15) is 0 Å². The molecule has 0 aromatic heterocycles.